The lowest BCUT2D eigenvalue weighted by atomic mass is 10.2. The van der Waals surface area contributed by atoms with Crippen molar-refractivity contribution < 1.29 is 18.3 Å². The Hall–Kier alpha value is -1.60. The van der Waals surface area contributed by atoms with Gasteiger partial charge in [0.15, 0.2) is 0 Å². The van der Waals surface area contributed by atoms with Gasteiger partial charge in [0, 0.05) is 12.6 Å². The van der Waals surface area contributed by atoms with Crippen molar-refractivity contribution in [2.75, 3.05) is 11.9 Å². The third-order valence-corrected chi connectivity index (χ3v) is 4.45. The van der Waals surface area contributed by atoms with E-state index in [-0.39, 0.29) is 16.5 Å². The molecule has 0 bridgehead atoms. The summed E-state index contributed by atoms with van der Waals surface area (Å²) in [6.07, 6.45) is 1.88. The Balaban J connectivity index is 3.22. The number of aromatic carboxylic acids is 1. The van der Waals surface area contributed by atoms with Crippen molar-refractivity contribution in [2.45, 2.75) is 44.6 Å². The molecule has 0 unspecified atom stereocenters. The van der Waals surface area contributed by atoms with E-state index in [9.17, 15) is 13.2 Å². The average Bonchev–Trinajstić information content (AvgIpc) is 2.37. The molecule has 0 saturated heterocycles. The molecule has 0 radical (unpaired) electrons. The van der Waals surface area contributed by atoms with Gasteiger partial charge in [0.2, 0.25) is 10.0 Å². The zero-order valence-electron chi connectivity index (χ0n) is 12.5. The topological polar surface area (TPSA) is 95.5 Å². The summed E-state index contributed by atoms with van der Waals surface area (Å²) in [5, 5.41) is 12.1. The van der Waals surface area contributed by atoms with E-state index >= 15 is 0 Å². The van der Waals surface area contributed by atoms with Gasteiger partial charge in [-0.2, -0.15) is 0 Å². The van der Waals surface area contributed by atoms with Gasteiger partial charge in [-0.1, -0.05) is 13.3 Å². The second-order valence-electron chi connectivity index (χ2n) is 5.07. The second-order valence-corrected chi connectivity index (χ2v) is 6.75. The molecule has 0 amide bonds. The van der Waals surface area contributed by atoms with Crippen molar-refractivity contribution in [3.63, 3.8) is 0 Å². The molecule has 1 rings (SSSR count). The zero-order valence-corrected chi connectivity index (χ0v) is 13.3. The van der Waals surface area contributed by atoms with Crippen LogP contribution < -0.4 is 10.0 Å². The van der Waals surface area contributed by atoms with Gasteiger partial charge in [-0.05, 0) is 38.5 Å². The van der Waals surface area contributed by atoms with Gasteiger partial charge < -0.3 is 10.4 Å². The minimum Gasteiger partial charge on any atom is -0.478 e. The van der Waals surface area contributed by atoms with Crippen LogP contribution >= 0.6 is 0 Å². The smallest absolute Gasteiger partial charge is 0.335 e. The van der Waals surface area contributed by atoms with Crippen molar-refractivity contribution in [3.8, 4) is 0 Å². The van der Waals surface area contributed by atoms with Gasteiger partial charge >= 0.3 is 5.97 Å². The van der Waals surface area contributed by atoms with Crippen LogP contribution in [0.2, 0.25) is 0 Å². The molecule has 118 valence electrons. The van der Waals surface area contributed by atoms with Crippen LogP contribution in [0, 0.1) is 0 Å². The second kappa shape index (κ2) is 7.42. The number of carboxylic acids is 1. The van der Waals surface area contributed by atoms with Crippen molar-refractivity contribution in [3.05, 3.63) is 23.8 Å². The zero-order chi connectivity index (χ0) is 16.0. The minimum absolute atomic E-state index is 0.0350. The van der Waals surface area contributed by atoms with Crippen molar-refractivity contribution in [1.82, 2.24) is 4.72 Å². The first-order chi connectivity index (χ1) is 9.77. The van der Waals surface area contributed by atoms with Gasteiger partial charge in [0.25, 0.3) is 0 Å². The summed E-state index contributed by atoms with van der Waals surface area (Å²) in [5.74, 6) is -1.16. The minimum atomic E-state index is -3.76. The molecule has 21 heavy (non-hydrogen) atoms. The molecule has 6 nitrogen and oxygen atoms in total. The monoisotopic (exact) mass is 314 g/mol. The van der Waals surface area contributed by atoms with Crippen LogP contribution in [0.15, 0.2) is 23.1 Å². The van der Waals surface area contributed by atoms with Gasteiger partial charge in [0.1, 0.15) is 4.90 Å². The van der Waals surface area contributed by atoms with E-state index in [0.717, 1.165) is 12.8 Å². The predicted octanol–water partition coefficient (Wildman–Crippen LogP) is 2.28. The summed E-state index contributed by atoms with van der Waals surface area (Å²) in [6, 6.07) is 3.80. The molecule has 0 atom stereocenters. The molecular formula is C14H22N2O4S. The summed E-state index contributed by atoms with van der Waals surface area (Å²) in [7, 11) is -3.76. The molecule has 7 heteroatoms. The lowest BCUT2D eigenvalue weighted by molar-refractivity contribution is 0.0696. The standard InChI is InChI=1S/C14H22N2O4S/c1-4-5-8-15-12-7-6-11(14(17)18)9-13(12)21(19,20)16-10(2)3/h6-7,9-10,15-16H,4-5,8H2,1-3H3,(H,17,18). The maximum atomic E-state index is 12.3. The molecule has 0 spiro atoms. The quantitative estimate of drug-likeness (QED) is 0.640. The van der Waals surface area contributed by atoms with Gasteiger partial charge in [-0.15, -0.1) is 0 Å². The summed E-state index contributed by atoms with van der Waals surface area (Å²) in [5.41, 5.74) is 0.363. The van der Waals surface area contributed by atoms with E-state index in [0.29, 0.717) is 12.2 Å². The van der Waals surface area contributed by atoms with Crippen LogP contribution in [-0.4, -0.2) is 32.1 Å². The van der Waals surface area contributed by atoms with E-state index in [2.05, 4.69) is 10.0 Å². The number of nitrogens with one attached hydrogen (secondary N) is 2. The highest BCUT2D eigenvalue weighted by Crippen LogP contribution is 2.23. The van der Waals surface area contributed by atoms with Crippen LogP contribution in [0.25, 0.3) is 0 Å². The maximum Gasteiger partial charge on any atom is 0.335 e. The number of benzene rings is 1. The first-order valence-electron chi connectivity index (χ1n) is 6.91. The summed E-state index contributed by atoms with van der Waals surface area (Å²) < 4.78 is 27.1. The van der Waals surface area contributed by atoms with E-state index in [1.54, 1.807) is 13.8 Å². The Bertz CT molecular complexity index is 597. The van der Waals surface area contributed by atoms with Crippen LogP contribution in [-0.2, 0) is 10.0 Å². The molecule has 0 aliphatic heterocycles. The molecule has 0 aromatic heterocycles. The molecule has 3 N–H and O–H groups in total. The highest BCUT2D eigenvalue weighted by Gasteiger charge is 2.21. The van der Waals surface area contributed by atoms with Gasteiger partial charge in [0.05, 0.1) is 11.3 Å². The summed E-state index contributed by atoms with van der Waals surface area (Å²) in [4.78, 5) is 11.0. The van der Waals surface area contributed by atoms with Crippen molar-refractivity contribution in [2.24, 2.45) is 0 Å². The lowest BCUT2D eigenvalue weighted by Crippen LogP contribution is -2.31. The van der Waals surface area contributed by atoms with Crippen molar-refractivity contribution >= 4 is 21.7 Å². The Kier molecular flexibility index (Phi) is 6.17. The van der Waals surface area contributed by atoms with E-state index < -0.39 is 16.0 Å². The third kappa shape index (κ3) is 5.02. The number of anilines is 1. The molecule has 0 aliphatic carbocycles. The van der Waals surface area contributed by atoms with Gasteiger partial charge in [-0.3, -0.25) is 0 Å². The fraction of sp³-hybridized carbons (Fsp3) is 0.500. The molecule has 1 aromatic rings. The van der Waals surface area contributed by atoms with E-state index in [4.69, 9.17) is 5.11 Å². The Morgan fingerprint density at radius 1 is 1.33 bits per heavy atom. The summed E-state index contributed by atoms with van der Waals surface area (Å²) in [6.45, 7) is 6.09. The average molecular weight is 314 g/mol. The molecule has 0 heterocycles. The first-order valence-corrected chi connectivity index (χ1v) is 8.39. The number of rotatable bonds is 8. The number of unbranched alkanes of at least 4 members (excludes halogenated alkanes) is 1. The molecule has 0 fully saturated rings. The fourth-order valence-electron chi connectivity index (χ4n) is 1.80. The number of hydrogen-bond acceptors (Lipinski definition) is 4. The molecule has 0 aliphatic rings. The van der Waals surface area contributed by atoms with Crippen LogP contribution in [0.5, 0.6) is 0 Å². The number of sulfonamides is 1. The third-order valence-electron chi connectivity index (χ3n) is 2.75. The summed E-state index contributed by atoms with van der Waals surface area (Å²) >= 11 is 0. The van der Waals surface area contributed by atoms with Crippen LogP contribution in [0.4, 0.5) is 5.69 Å². The highest BCUT2D eigenvalue weighted by atomic mass is 32.2. The Morgan fingerprint density at radius 3 is 2.52 bits per heavy atom. The fourth-order valence-corrected chi connectivity index (χ4v) is 3.26. The normalized spacial score (nSPS) is 11.6. The SMILES string of the molecule is CCCCNc1ccc(C(=O)O)cc1S(=O)(=O)NC(C)C. The lowest BCUT2D eigenvalue weighted by Gasteiger charge is -2.15. The number of carboxylic acid groups (broad SMARTS) is 1. The number of carbonyl (C=O) groups is 1. The predicted molar refractivity (Wildman–Crippen MR) is 82.3 cm³/mol. The van der Waals surface area contributed by atoms with E-state index in [1.165, 1.54) is 18.2 Å². The molecule has 1 aromatic carbocycles. The molecule has 0 saturated carbocycles. The van der Waals surface area contributed by atoms with Crippen LogP contribution in [0.1, 0.15) is 44.0 Å². The van der Waals surface area contributed by atoms with Crippen LogP contribution in [0.3, 0.4) is 0 Å². The highest BCUT2D eigenvalue weighted by molar-refractivity contribution is 7.89. The largest absolute Gasteiger partial charge is 0.478 e. The first kappa shape index (κ1) is 17.5. The maximum absolute atomic E-state index is 12.3. The Morgan fingerprint density at radius 2 is 2.00 bits per heavy atom. The van der Waals surface area contributed by atoms with Crippen molar-refractivity contribution in [1.29, 1.82) is 0 Å². The van der Waals surface area contributed by atoms with E-state index in [1.807, 2.05) is 6.92 Å². The van der Waals surface area contributed by atoms with Gasteiger partial charge in [-0.25, -0.2) is 17.9 Å². The Labute approximate surface area is 125 Å². The molecular weight excluding hydrogens is 292 g/mol. The number of hydrogen-bond donors (Lipinski definition) is 3.